The van der Waals surface area contributed by atoms with Crippen LogP contribution in [0.5, 0.6) is 5.75 Å². The van der Waals surface area contributed by atoms with Crippen molar-refractivity contribution in [3.8, 4) is 5.75 Å². The predicted molar refractivity (Wildman–Crippen MR) is 104 cm³/mol. The Kier molecular flexibility index (Phi) is 4.71. The maximum absolute atomic E-state index is 13.4. The fourth-order valence-corrected chi connectivity index (χ4v) is 4.25. The van der Waals surface area contributed by atoms with E-state index in [0.29, 0.717) is 30.0 Å². The van der Waals surface area contributed by atoms with Gasteiger partial charge >= 0.3 is 0 Å². The number of hydrogen-bond donors (Lipinski definition) is 2. The van der Waals surface area contributed by atoms with Crippen molar-refractivity contribution < 1.29 is 18.7 Å². The molecule has 0 atom stereocenters. The topological polar surface area (TPSA) is 67.4 Å². The Labute approximate surface area is 171 Å². The minimum atomic E-state index is -0.604. The number of rotatable bonds is 6. The standard InChI is InChI=1S/C20H17Cl2FN2O3/c21-12-1-3-13(4-2-12)24-18(27)19-9-20(10-19,11-19)25-17(26)8-28-14-5-6-15(22)16(23)7-14/h1-7H,8-11H2,(H,24,27)(H,25,26). The first-order valence-electron chi connectivity index (χ1n) is 8.75. The van der Waals surface area contributed by atoms with Crippen LogP contribution in [0.25, 0.3) is 0 Å². The number of hydrogen-bond acceptors (Lipinski definition) is 3. The van der Waals surface area contributed by atoms with Gasteiger partial charge in [-0.2, -0.15) is 0 Å². The van der Waals surface area contributed by atoms with E-state index in [1.807, 2.05) is 0 Å². The second kappa shape index (κ2) is 6.94. The molecule has 2 N–H and O–H groups in total. The van der Waals surface area contributed by atoms with Crippen LogP contribution in [0.3, 0.4) is 0 Å². The minimum absolute atomic E-state index is 0.00663. The zero-order valence-electron chi connectivity index (χ0n) is 14.7. The van der Waals surface area contributed by atoms with Crippen LogP contribution in [0.4, 0.5) is 10.1 Å². The first-order chi connectivity index (χ1) is 13.3. The molecule has 3 aliphatic carbocycles. The van der Waals surface area contributed by atoms with Gasteiger partial charge in [0.1, 0.15) is 11.6 Å². The number of halogens is 3. The number of benzene rings is 2. The molecule has 8 heteroatoms. The Hall–Kier alpha value is -2.31. The molecule has 146 valence electrons. The van der Waals surface area contributed by atoms with E-state index in [0.717, 1.165) is 6.07 Å². The Bertz CT molecular complexity index is 929. The van der Waals surface area contributed by atoms with Gasteiger partial charge in [0.25, 0.3) is 5.91 Å². The molecular formula is C20H17Cl2FN2O3. The highest BCUT2D eigenvalue weighted by molar-refractivity contribution is 6.31. The molecule has 5 nitrogen and oxygen atoms in total. The van der Waals surface area contributed by atoms with Crippen LogP contribution in [-0.2, 0) is 9.59 Å². The summed E-state index contributed by atoms with van der Waals surface area (Å²) < 4.78 is 18.7. The van der Waals surface area contributed by atoms with Gasteiger partial charge in [-0.05, 0) is 55.7 Å². The van der Waals surface area contributed by atoms with Gasteiger partial charge in [-0.15, -0.1) is 0 Å². The lowest BCUT2D eigenvalue weighted by atomic mass is 9.39. The largest absolute Gasteiger partial charge is 0.484 e. The summed E-state index contributed by atoms with van der Waals surface area (Å²) in [7, 11) is 0. The molecule has 3 saturated carbocycles. The van der Waals surface area contributed by atoms with Crippen LogP contribution < -0.4 is 15.4 Å². The van der Waals surface area contributed by atoms with Crippen LogP contribution in [0.15, 0.2) is 42.5 Å². The van der Waals surface area contributed by atoms with Crippen LogP contribution in [0.1, 0.15) is 19.3 Å². The van der Waals surface area contributed by atoms with Crippen molar-refractivity contribution >= 4 is 40.7 Å². The molecule has 28 heavy (non-hydrogen) atoms. The van der Waals surface area contributed by atoms with Crippen molar-refractivity contribution in [1.82, 2.24) is 5.32 Å². The first kappa shape index (κ1) is 19.0. The summed E-state index contributed by atoms with van der Waals surface area (Å²) in [6, 6.07) is 10.9. The van der Waals surface area contributed by atoms with Crippen LogP contribution in [0, 0.1) is 11.2 Å². The third-order valence-corrected chi connectivity index (χ3v) is 5.84. The number of nitrogens with one attached hydrogen (secondary N) is 2. The molecule has 0 aliphatic heterocycles. The molecule has 0 spiro atoms. The molecule has 0 heterocycles. The maximum atomic E-state index is 13.4. The lowest BCUT2D eigenvalue weighted by Crippen LogP contribution is -2.78. The van der Waals surface area contributed by atoms with E-state index < -0.39 is 11.2 Å². The molecule has 0 radical (unpaired) electrons. The highest BCUT2D eigenvalue weighted by Gasteiger charge is 2.72. The van der Waals surface area contributed by atoms with Gasteiger partial charge < -0.3 is 15.4 Å². The molecule has 3 fully saturated rings. The second-order valence-electron chi connectivity index (χ2n) is 7.46. The fraction of sp³-hybridized carbons (Fsp3) is 0.300. The summed E-state index contributed by atoms with van der Waals surface area (Å²) in [5.41, 5.74) is -0.0726. The fourth-order valence-electron chi connectivity index (χ4n) is 4.01. The van der Waals surface area contributed by atoms with E-state index in [1.165, 1.54) is 12.1 Å². The zero-order valence-corrected chi connectivity index (χ0v) is 16.2. The normalized spacial score (nSPS) is 24.5. The van der Waals surface area contributed by atoms with Crippen LogP contribution in [0.2, 0.25) is 10.0 Å². The van der Waals surface area contributed by atoms with E-state index in [4.69, 9.17) is 27.9 Å². The van der Waals surface area contributed by atoms with Gasteiger partial charge in [-0.25, -0.2) is 4.39 Å². The molecule has 3 aliphatic rings. The van der Waals surface area contributed by atoms with E-state index in [-0.39, 0.29) is 34.7 Å². The molecule has 5 rings (SSSR count). The van der Waals surface area contributed by atoms with Gasteiger partial charge in [-0.1, -0.05) is 23.2 Å². The van der Waals surface area contributed by atoms with E-state index in [2.05, 4.69) is 10.6 Å². The van der Waals surface area contributed by atoms with Crippen LogP contribution >= 0.6 is 23.2 Å². The summed E-state index contributed by atoms with van der Waals surface area (Å²) in [5, 5.41) is 6.42. The summed E-state index contributed by atoms with van der Waals surface area (Å²) in [4.78, 5) is 24.6. The lowest BCUT2D eigenvalue weighted by molar-refractivity contribution is -0.179. The molecule has 2 bridgehead atoms. The number of ether oxygens (including phenoxy) is 1. The van der Waals surface area contributed by atoms with E-state index in [9.17, 15) is 14.0 Å². The zero-order chi connectivity index (χ0) is 19.9. The Morgan fingerprint density at radius 2 is 1.75 bits per heavy atom. The summed E-state index contributed by atoms with van der Waals surface area (Å²) in [6.45, 7) is -0.229. The van der Waals surface area contributed by atoms with Crippen molar-refractivity contribution in [2.45, 2.75) is 24.8 Å². The van der Waals surface area contributed by atoms with Gasteiger partial charge in [0.2, 0.25) is 5.91 Å². The highest BCUT2D eigenvalue weighted by atomic mass is 35.5. The lowest BCUT2D eigenvalue weighted by Gasteiger charge is -2.69. The quantitative estimate of drug-likeness (QED) is 0.733. The minimum Gasteiger partial charge on any atom is -0.484 e. The van der Waals surface area contributed by atoms with Gasteiger partial charge in [0, 0.05) is 22.3 Å². The van der Waals surface area contributed by atoms with Gasteiger partial charge in [0.15, 0.2) is 6.61 Å². The molecule has 2 aromatic carbocycles. The van der Waals surface area contributed by atoms with E-state index >= 15 is 0 Å². The Balaban J connectivity index is 1.24. The molecule has 0 saturated heterocycles. The molecule has 0 aromatic heterocycles. The number of amides is 2. The van der Waals surface area contributed by atoms with Crippen molar-refractivity contribution in [2.24, 2.45) is 5.41 Å². The molecular weight excluding hydrogens is 406 g/mol. The maximum Gasteiger partial charge on any atom is 0.258 e. The van der Waals surface area contributed by atoms with Crippen LogP contribution in [-0.4, -0.2) is 24.0 Å². The van der Waals surface area contributed by atoms with Crippen molar-refractivity contribution in [3.63, 3.8) is 0 Å². The summed E-state index contributed by atoms with van der Waals surface area (Å²) in [5.74, 6) is -0.721. The average molecular weight is 423 g/mol. The smallest absolute Gasteiger partial charge is 0.258 e. The summed E-state index contributed by atoms with van der Waals surface area (Å²) >= 11 is 11.5. The van der Waals surface area contributed by atoms with Gasteiger partial charge in [0.05, 0.1) is 10.4 Å². The summed E-state index contributed by atoms with van der Waals surface area (Å²) in [6.07, 6.45) is 1.79. The third-order valence-electron chi connectivity index (χ3n) is 5.28. The van der Waals surface area contributed by atoms with E-state index in [1.54, 1.807) is 24.3 Å². The SMILES string of the molecule is O=C(COc1ccc(Cl)c(F)c1)NC12CC(C(=O)Nc3ccc(Cl)cc3)(C1)C2. The van der Waals surface area contributed by atoms with Crippen molar-refractivity contribution in [3.05, 3.63) is 58.3 Å². The molecule has 0 unspecified atom stereocenters. The third kappa shape index (κ3) is 3.54. The Morgan fingerprint density at radius 1 is 1.07 bits per heavy atom. The number of anilines is 1. The van der Waals surface area contributed by atoms with Crippen molar-refractivity contribution in [2.75, 3.05) is 11.9 Å². The van der Waals surface area contributed by atoms with Gasteiger partial charge in [-0.3, -0.25) is 9.59 Å². The predicted octanol–water partition coefficient (Wildman–Crippen LogP) is 4.19. The highest BCUT2D eigenvalue weighted by Crippen LogP contribution is 2.67. The van der Waals surface area contributed by atoms with Crippen molar-refractivity contribution in [1.29, 1.82) is 0 Å². The Morgan fingerprint density at radius 3 is 2.39 bits per heavy atom. The molecule has 2 amide bonds. The first-order valence-corrected chi connectivity index (χ1v) is 9.51. The second-order valence-corrected chi connectivity index (χ2v) is 8.31. The number of carbonyl (C=O) groups is 2. The monoisotopic (exact) mass is 422 g/mol. The average Bonchev–Trinajstić information content (AvgIpc) is 2.59. The number of carbonyl (C=O) groups excluding carboxylic acids is 2. The molecule has 2 aromatic rings.